The van der Waals surface area contributed by atoms with E-state index in [1.165, 1.54) is 6.07 Å². The van der Waals surface area contributed by atoms with Gasteiger partial charge in [0.05, 0.1) is 5.56 Å². The molecule has 1 aliphatic rings. The predicted molar refractivity (Wildman–Crippen MR) is 73.0 cm³/mol. The Balaban J connectivity index is 1.91. The number of para-hydroxylation sites is 1. The van der Waals surface area contributed by atoms with Gasteiger partial charge in [-0.2, -0.15) is 0 Å². The van der Waals surface area contributed by atoms with E-state index in [1.54, 1.807) is 18.2 Å². The van der Waals surface area contributed by atoms with Crippen LogP contribution < -0.4 is 5.32 Å². The lowest BCUT2D eigenvalue weighted by Gasteiger charge is -2.30. The van der Waals surface area contributed by atoms with Gasteiger partial charge >= 0.3 is 0 Å². The Morgan fingerprint density at radius 1 is 1.21 bits per heavy atom. The first-order valence-corrected chi connectivity index (χ1v) is 6.89. The first kappa shape index (κ1) is 13.9. The Hall–Kier alpha value is -1.55. The van der Waals surface area contributed by atoms with Gasteiger partial charge in [-0.05, 0) is 36.8 Å². The van der Waals surface area contributed by atoms with Crippen LogP contribution in [0.4, 0.5) is 0 Å². The standard InChI is InChI=1S/C15H21NO3/c17-10-12-6-2-1-5-11(12)9-16-15(19)13-7-3-4-8-14(13)18/h3-4,7-8,11-12,17-18H,1-2,5-6,9-10H2,(H,16,19). The third-order valence-corrected chi connectivity index (χ3v) is 3.97. The molecular formula is C15H21NO3. The van der Waals surface area contributed by atoms with Gasteiger partial charge in [0, 0.05) is 13.2 Å². The molecule has 1 saturated carbocycles. The molecule has 1 aromatic carbocycles. The van der Waals surface area contributed by atoms with Crippen molar-refractivity contribution in [3.63, 3.8) is 0 Å². The van der Waals surface area contributed by atoms with Crippen LogP contribution in [0, 0.1) is 11.8 Å². The van der Waals surface area contributed by atoms with Crippen molar-refractivity contribution in [1.82, 2.24) is 5.32 Å². The van der Waals surface area contributed by atoms with Gasteiger partial charge in [-0.25, -0.2) is 0 Å². The lowest BCUT2D eigenvalue weighted by atomic mass is 9.79. The van der Waals surface area contributed by atoms with Crippen molar-refractivity contribution in [2.45, 2.75) is 25.7 Å². The average Bonchev–Trinajstić information content (AvgIpc) is 2.45. The van der Waals surface area contributed by atoms with E-state index < -0.39 is 0 Å². The zero-order valence-electron chi connectivity index (χ0n) is 11.0. The number of phenols is 1. The first-order valence-electron chi connectivity index (χ1n) is 6.89. The molecule has 3 N–H and O–H groups in total. The molecule has 2 unspecified atom stereocenters. The number of hydrogen-bond acceptors (Lipinski definition) is 3. The Morgan fingerprint density at radius 3 is 2.58 bits per heavy atom. The number of aromatic hydroxyl groups is 1. The van der Waals surface area contributed by atoms with Gasteiger partial charge in [0.25, 0.3) is 5.91 Å². The third-order valence-electron chi connectivity index (χ3n) is 3.97. The topological polar surface area (TPSA) is 69.6 Å². The summed E-state index contributed by atoms with van der Waals surface area (Å²) in [6, 6.07) is 6.53. The van der Waals surface area contributed by atoms with E-state index in [4.69, 9.17) is 0 Å². The average molecular weight is 263 g/mol. The van der Waals surface area contributed by atoms with Crippen LogP contribution in [0.15, 0.2) is 24.3 Å². The van der Waals surface area contributed by atoms with Crippen molar-refractivity contribution in [3.8, 4) is 5.75 Å². The molecule has 1 fully saturated rings. The largest absolute Gasteiger partial charge is 0.507 e. The monoisotopic (exact) mass is 263 g/mol. The molecular weight excluding hydrogens is 242 g/mol. The Bertz CT molecular complexity index is 433. The zero-order chi connectivity index (χ0) is 13.7. The van der Waals surface area contributed by atoms with Crippen LogP contribution in [0.3, 0.4) is 0 Å². The van der Waals surface area contributed by atoms with E-state index in [-0.39, 0.29) is 18.3 Å². The minimum absolute atomic E-state index is 0.00218. The number of phenolic OH excluding ortho intramolecular Hbond substituents is 1. The van der Waals surface area contributed by atoms with Crippen LogP contribution in [-0.4, -0.2) is 29.3 Å². The second-order valence-electron chi connectivity index (χ2n) is 5.21. The molecule has 4 nitrogen and oxygen atoms in total. The van der Waals surface area contributed by atoms with Crippen molar-refractivity contribution < 1.29 is 15.0 Å². The highest BCUT2D eigenvalue weighted by atomic mass is 16.3. The molecule has 2 atom stereocenters. The summed E-state index contributed by atoms with van der Waals surface area (Å²) < 4.78 is 0. The van der Waals surface area contributed by atoms with Crippen molar-refractivity contribution in [1.29, 1.82) is 0 Å². The van der Waals surface area contributed by atoms with Crippen LogP contribution >= 0.6 is 0 Å². The fourth-order valence-corrected chi connectivity index (χ4v) is 2.78. The molecule has 4 heteroatoms. The van der Waals surface area contributed by atoms with E-state index in [9.17, 15) is 15.0 Å². The number of carbonyl (C=O) groups is 1. The van der Waals surface area contributed by atoms with Crippen LogP contribution in [0.25, 0.3) is 0 Å². The van der Waals surface area contributed by atoms with E-state index in [1.807, 2.05) is 0 Å². The van der Waals surface area contributed by atoms with Gasteiger partial charge < -0.3 is 15.5 Å². The number of rotatable bonds is 4. The highest BCUT2D eigenvalue weighted by Crippen LogP contribution is 2.29. The summed E-state index contributed by atoms with van der Waals surface area (Å²) in [4.78, 5) is 12.0. The minimum Gasteiger partial charge on any atom is -0.507 e. The van der Waals surface area contributed by atoms with Crippen LogP contribution in [0.5, 0.6) is 5.75 Å². The maximum absolute atomic E-state index is 12.0. The quantitative estimate of drug-likeness (QED) is 0.777. The fraction of sp³-hybridized carbons (Fsp3) is 0.533. The molecule has 0 bridgehead atoms. The second kappa shape index (κ2) is 6.57. The van der Waals surface area contributed by atoms with Gasteiger partial charge in [-0.3, -0.25) is 4.79 Å². The third kappa shape index (κ3) is 3.47. The summed E-state index contributed by atoms with van der Waals surface area (Å²) in [6.45, 7) is 0.759. The number of benzene rings is 1. The Labute approximate surface area is 113 Å². The molecule has 1 aliphatic carbocycles. The van der Waals surface area contributed by atoms with Crippen LogP contribution in [0.2, 0.25) is 0 Å². The summed E-state index contributed by atoms with van der Waals surface area (Å²) in [5.74, 6) is 0.384. The maximum atomic E-state index is 12.0. The molecule has 0 heterocycles. The molecule has 2 rings (SSSR count). The number of amides is 1. The summed E-state index contributed by atoms with van der Waals surface area (Å²) >= 11 is 0. The SMILES string of the molecule is O=C(NCC1CCCCC1CO)c1ccccc1O. The molecule has 104 valence electrons. The van der Waals surface area contributed by atoms with Crippen molar-refractivity contribution in [2.75, 3.05) is 13.2 Å². The summed E-state index contributed by atoms with van der Waals surface area (Å²) in [7, 11) is 0. The van der Waals surface area contributed by atoms with Gasteiger partial charge in [-0.15, -0.1) is 0 Å². The van der Waals surface area contributed by atoms with Gasteiger partial charge in [0.15, 0.2) is 0 Å². The number of nitrogens with one attached hydrogen (secondary N) is 1. The molecule has 0 aromatic heterocycles. The molecule has 0 saturated heterocycles. The molecule has 0 radical (unpaired) electrons. The smallest absolute Gasteiger partial charge is 0.255 e. The second-order valence-corrected chi connectivity index (χ2v) is 5.21. The Morgan fingerprint density at radius 2 is 1.89 bits per heavy atom. The van der Waals surface area contributed by atoms with Crippen molar-refractivity contribution >= 4 is 5.91 Å². The number of carbonyl (C=O) groups excluding carboxylic acids is 1. The van der Waals surface area contributed by atoms with Crippen molar-refractivity contribution in [3.05, 3.63) is 29.8 Å². The summed E-state index contributed by atoms with van der Waals surface area (Å²) in [6.07, 6.45) is 4.41. The van der Waals surface area contributed by atoms with Gasteiger partial charge in [0.1, 0.15) is 5.75 Å². The molecule has 1 aromatic rings. The molecule has 0 spiro atoms. The van der Waals surface area contributed by atoms with E-state index >= 15 is 0 Å². The molecule has 1 amide bonds. The van der Waals surface area contributed by atoms with E-state index in [2.05, 4.69) is 5.32 Å². The van der Waals surface area contributed by atoms with Gasteiger partial charge in [0.2, 0.25) is 0 Å². The minimum atomic E-state index is -0.250. The molecule has 19 heavy (non-hydrogen) atoms. The maximum Gasteiger partial charge on any atom is 0.255 e. The highest BCUT2D eigenvalue weighted by molar-refractivity contribution is 5.96. The summed E-state index contributed by atoms with van der Waals surface area (Å²) in [5.41, 5.74) is 0.304. The molecule has 0 aliphatic heterocycles. The van der Waals surface area contributed by atoms with Crippen LogP contribution in [0.1, 0.15) is 36.0 Å². The summed E-state index contributed by atoms with van der Waals surface area (Å²) in [5, 5.41) is 21.8. The van der Waals surface area contributed by atoms with Crippen molar-refractivity contribution in [2.24, 2.45) is 11.8 Å². The lowest BCUT2D eigenvalue weighted by Crippen LogP contribution is -2.35. The number of hydrogen-bond donors (Lipinski definition) is 3. The van der Waals surface area contributed by atoms with E-state index in [0.29, 0.717) is 23.9 Å². The van der Waals surface area contributed by atoms with Crippen LogP contribution in [-0.2, 0) is 0 Å². The first-order chi connectivity index (χ1) is 9.22. The van der Waals surface area contributed by atoms with E-state index in [0.717, 1.165) is 25.7 Å². The highest BCUT2D eigenvalue weighted by Gasteiger charge is 2.25. The number of aliphatic hydroxyl groups is 1. The fourth-order valence-electron chi connectivity index (χ4n) is 2.78. The predicted octanol–water partition coefficient (Wildman–Crippen LogP) is 1.92. The number of aliphatic hydroxyl groups excluding tert-OH is 1. The zero-order valence-corrected chi connectivity index (χ0v) is 11.0. The lowest BCUT2D eigenvalue weighted by molar-refractivity contribution is 0.0907. The Kier molecular flexibility index (Phi) is 4.80. The van der Waals surface area contributed by atoms with Gasteiger partial charge in [-0.1, -0.05) is 25.0 Å². The normalized spacial score (nSPS) is 23.0.